The van der Waals surface area contributed by atoms with Crippen LogP contribution < -0.4 is 0 Å². The van der Waals surface area contributed by atoms with Crippen molar-refractivity contribution < 1.29 is 19.0 Å². The molecular weight excluding hydrogens is 284 g/mol. The molecule has 4 nitrogen and oxygen atoms in total. The molecule has 124 valence electrons. The molecule has 0 radical (unpaired) electrons. The number of rotatable bonds is 3. The normalized spacial score (nSPS) is 35.1. The molecule has 2 heterocycles. The largest absolute Gasteiger partial charge is 0.411 e. The fraction of sp³-hybridized carbons (Fsp3) is 1.00. The van der Waals surface area contributed by atoms with Crippen LogP contribution in [0.5, 0.6) is 0 Å². The highest BCUT2D eigenvalue weighted by atomic mass is 28.4. The van der Waals surface area contributed by atoms with Crippen LogP contribution in [-0.2, 0) is 13.9 Å². The van der Waals surface area contributed by atoms with Crippen LogP contribution in [0.25, 0.3) is 0 Å². The minimum atomic E-state index is -1.85. The molecule has 21 heavy (non-hydrogen) atoms. The first-order valence-corrected chi connectivity index (χ1v) is 11.2. The van der Waals surface area contributed by atoms with Gasteiger partial charge >= 0.3 is 0 Å². The highest BCUT2D eigenvalue weighted by Gasteiger charge is 2.43. The van der Waals surface area contributed by atoms with Crippen LogP contribution in [0.4, 0.5) is 0 Å². The van der Waals surface area contributed by atoms with Crippen LogP contribution >= 0.6 is 0 Å². The first kappa shape index (κ1) is 17.4. The van der Waals surface area contributed by atoms with Gasteiger partial charge in [-0.2, -0.15) is 0 Å². The summed E-state index contributed by atoms with van der Waals surface area (Å²) in [7, 11) is -1.85. The Bertz CT molecular complexity index is 340. The fourth-order valence-corrected chi connectivity index (χ4v) is 4.29. The summed E-state index contributed by atoms with van der Waals surface area (Å²) in [6.07, 6.45) is 4.06. The minimum Gasteiger partial charge on any atom is -0.411 e. The minimum absolute atomic E-state index is 0.00917. The van der Waals surface area contributed by atoms with Crippen molar-refractivity contribution in [3.8, 4) is 0 Å². The Hall–Kier alpha value is 0.0569. The molecule has 0 bridgehead atoms. The molecule has 2 aliphatic heterocycles. The molecule has 2 aliphatic rings. The lowest BCUT2D eigenvalue weighted by Crippen LogP contribution is -2.48. The van der Waals surface area contributed by atoms with Gasteiger partial charge in [0.25, 0.3) is 0 Å². The molecule has 1 N–H and O–H groups in total. The van der Waals surface area contributed by atoms with E-state index in [1.807, 2.05) is 0 Å². The second-order valence-corrected chi connectivity index (χ2v) is 12.7. The van der Waals surface area contributed by atoms with Gasteiger partial charge in [0.05, 0.1) is 24.9 Å². The molecule has 0 aliphatic carbocycles. The summed E-state index contributed by atoms with van der Waals surface area (Å²) >= 11 is 0. The monoisotopic (exact) mass is 316 g/mol. The van der Waals surface area contributed by atoms with Gasteiger partial charge in [-0.3, -0.25) is 0 Å². The molecule has 0 saturated carbocycles. The lowest BCUT2D eigenvalue weighted by atomic mass is 10.0. The third-order valence-electron chi connectivity index (χ3n) is 5.31. The molecule has 0 aromatic rings. The number of hydrogen-bond acceptors (Lipinski definition) is 4. The fourth-order valence-electron chi connectivity index (χ4n) is 2.91. The summed E-state index contributed by atoms with van der Waals surface area (Å²) < 4.78 is 18.5. The van der Waals surface area contributed by atoms with Crippen LogP contribution in [0.2, 0.25) is 18.1 Å². The number of aliphatic hydroxyl groups excluding tert-OH is 1. The molecule has 0 unspecified atom stereocenters. The zero-order chi connectivity index (χ0) is 15.7. The van der Waals surface area contributed by atoms with Gasteiger partial charge in [-0.05, 0) is 43.8 Å². The Labute approximate surface area is 130 Å². The summed E-state index contributed by atoms with van der Waals surface area (Å²) in [6, 6.07) is 0. The van der Waals surface area contributed by atoms with Crippen LogP contribution in [0, 0.1) is 0 Å². The number of hydrogen-bond donors (Lipinski definition) is 1. The van der Waals surface area contributed by atoms with Crippen molar-refractivity contribution in [3.63, 3.8) is 0 Å². The summed E-state index contributed by atoms with van der Waals surface area (Å²) in [5, 5.41) is 9.92. The predicted molar refractivity (Wildman–Crippen MR) is 86.0 cm³/mol. The summed E-state index contributed by atoms with van der Waals surface area (Å²) in [5.41, 5.74) is 0. The molecule has 0 amide bonds. The molecule has 0 spiro atoms. The van der Waals surface area contributed by atoms with Crippen LogP contribution in [0.3, 0.4) is 0 Å². The van der Waals surface area contributed by atoms with E-state index < -0.39 is 8.32 Å². The topological polar surface area (TPSA) is 47.9 Å². The van der Waals surface area contributed by atoms with Gasteiger partial charge in [-0.1, -0.05) is 20.8 Å². The van der Waals surface area contributed by atoms with Gasteiger partial charge in [-0.15, -0.1) is 0 Å². The summed E-state index contributed by atoms with van der Waals surface area (Å²) in [4.78, 5) is 0. The molecule has 2 saturated heterocycles. The first-order chi connectivity index (χ1) is 9.74. The Kier molecular flexibility index (Phi) is 5.53. The van der Waals surface area contributed by atoms with E-state index in [1.165, 1.54) is 0 Å². The van der Waals surface area contributed by atoms with Crippen molar-refractivity contribution in [2.24, 2.45) is 0 Å². The molecule has 0 aromatic carbocycles. The Balaban J connectivity index is 2.07. The van der Waals surface area contributed by atoms with Crippen molar-refractivity contribution >= 4 is 8.32 Å². The van der Waals surface area contributed by atoms with E-state index in [1.54, 1.807) is 0 Å². The second kappa shape index (κ2) is 6.67. The van der Waals surface area contributed by atoms with E-state index in [2.05, 4.69) is 33.9 Å². The van der Waals surface area contributed by atoms with E-state index >= 15 is 0 Å². The zero-order valence-electron chi connectivity index (χ0n) is 14.2. The average Bonchev–Trinajstić information content (AvgIpc) is 2.57. The van der Waals surface area contributed by atoms with Crippen molar-refractivity contribution in [1.29, 1.82) is 0 Å². The van der Waals surface area contributed by atoms with Gasteiger partial charge in [-0.25, -0.2) is 0 Å². The van der Waals surface area contributed by atoms with Gasteiger partial charge < -0.3 is 19.0 Å². The van der Waals surface area contributed by atoms with Gasteiger partial charge in [0.2, 0.25) is 0 Å². The molecular formula is C16H32O4Si. The lowest BCUT2D eigenvalue weighted by molar-refractivity contribution is -0.141. The number of aliphatic hydroxyl groups is 1. The van der Waals surface area contributed by atoms with Gasteiger partial charge in [0.15, 0.2) is 8.32 Å². The van der Waals surface area contributed by atoms with E-state index in [0.29, 0.717) is 0 Å². The smallest absolute Gasteiger partial charge is 0.192 e. The van der Waals surface area contributed by atoms with Crippen molar-refractivity contribution in [3.05, 3.63) is 0 Å². The molecule has 4 atom stereocenters. The quantitative estimate of drug-likeness (QED) is 0.813. The molecule has 2 rings (SSSR count). The highest BCUT2D eigenvalue weighted by molar-refractivity contribution is 6.74. The second-order valence-electron chi connectivity index (χ2n) is 7.94. The summed E-state index contributed by atoms with van der Waals surface area (Å²) in [5.74, 6) is 0. The van der Waals surface area contributed by atoms with E-state index in [0.717, 1.165) is 32.3 Å². The maximum Gasteiger partial charge on any atom is 0.192 e. The maximum atomic E-state index is 9.75. The van der Waals surface area contributed by atoms with Crippen molar-refractivity contribution in [1.82, 2.24) is 0 Å². The Morgan fingerprint density at radius 2 is 1.86 bits per heavy atom. The molecule has 2 fully saturated rings. The van der Waals surface area contributed by atoms with E-state index in [-0.39, 0.29) is 36.1 Å². The Morgan fingerprint density at radius 3 is 2.48 bits per heavy atom. The Morgan fingerprint density at radius 1 is 1.14 bits per heavy atom. The zero-order valence-corrected chi connectivity index (χ0v) is 15.2. The maximum absolute atomic E-state index is 9.75. The SMILES string of the molecule is CC(C)(C)[Si](C)(C)O[C@H]1CC[C@H]2OCCC[C@@H]2O[C@@H]1CO. The van der Waals surface area contributed by atoms with E-state index in [9.17, 15) is 5.11 Å². The molecule has 5 heteroatoms. The van der Waals surface area contributed by atoms with Crippen molar-refractivity contribution in [2.75, 3.05) is 13.2 Å². The van der Waals surface area contributed by atoms with Crippen LogP contribution in [0.15, 0.2) is 0 Å². The van der Waals surface area contributed by atoms with Gasteiger partial charge in [0, 0.05) is 6.61 Å². The standard InChI is InChI=1S/C16H32O4Si/c1-16(2,3)21(4,5)20-14-9-8-12-13(7-6-10-18-12)19-15(14)11-17/h12-15,17H,6-11H2,1-5H3/t12-,13+,14+,15-/m1/s1. The predicted octanol–water partition coefficient (Wildman–Crippen LogP) is 3.10. The van der Waals surface area contributed by atoms with Crippen molar-refractivity contribution in [2.45, 2.75) is 89.0 Å². The van der Waals surface area contributed by atoms with Gasteiger partial charge in [0.1, 0.15) is 6.10 Å². The third kappa shape index (κ3) is 4.08. The number of fused-ring (bicyclic) bond motifs is 1. The lowest BCUT2D eigenvalue weighted by Gasteiger charge is -2.40. The number of ether oxygens (including phenoxy) is 2. The van der Waals surface area contributed by atoms with Crippen LogP contribution in [0.1, 0.15) is 46.5 Å². The summed E-state index contributed by atoms with van der Waals surface area (Å²) in [6.45, 7) is 12.1. The third-order valence-corrected chi connectivity index (χ3v) is 9.82. The highest BCUT2D eigenvalue weighted by Crippen LogP contribution is 2.39. The van der Waals surface area contributed by atoms with Crippen LogP contribution in [-0.4, -0.2) is 51.1 Å². The first-order valence-electron chi connectivity index (χ1n) is 8.30. The molecule has 0 aromatic heterocycles. The van der Waals surface area contributed by atoms with E-state index in [4.69, 9.17) is 13.9 Å². The average molecular weight is 317 g/mol.